The summed E-state index contributed by atoms with van der Waals surface area (Å²) >= 11 is 0. The molecule has 0 aromatic rings. The predicted molar refractivity (Wildman–Crippen MR) is 48.8 cm³/mol. The normalized spacial score (nSPS) is 29.0. The van der Waals surface area contributed by atoms with Crippen molar-refractivity contribution in [2.45, 2.75) is 32.6 Å². The second kappa shape index (κ2) is 3.74. The maximum atomic E-state index is 4.47. The number of rotatable bonds is 1. The summed E-state index contributed by atoms with van der Waals surface area (Å²) in [5, 5.41) is 6.38. The highest BCUT2D eigenvalue weighted by atomic mass is 15.4. The lowest BCUT2D eigenvalue weighted by Crippen LogP contribution is -2.19. The van der Waals surface area contributed by atoms with Crippen LogP contribution in [-0.4, -0.2) is 24.8 Å². The Morgan fingerprint density at radius 1 is 1.36 bits per heavy atom. The highest BCUT2D eigenvalue weighted by molar-refractivity contribution is 5.86. The molecule has 1 atom stereocenters. The van der Waals surface area contributed by atoms with E-state index in [-0.39, 0.29) is 0 Å². The van der Waals surface area contributed by atoms with Crippen molar-refractivity contribution in [2.24, 2.45) is 11.0 Å². The fourth-order valence-corrected chi connectivity index (χ4v) is 1.58. The van der Waals surface area contributed by atoms with E-state index in [1.54, 1.807) is 0 Å². The van der Waals surface area contributed by atoms with Crippen LogP contribution in [0.1, 0.15) is 32.6 Å². The van der Waals surface area contributed by atoms with Gasteiger partial charge in [0, 0.05) is 19.8 Å². The predicted octanol–water partition coefficient (Wildman–Crippen LogP) is 2.11. The van der Waals surface area contributed by atoms with Crippen molar-refractivity contribution in [1.82, 2.24) is 5.01 Å². The molecule has 0 aromatic carbocycles. The SMILES string of the molecule is C[C@@H]1CCCC/C1=N\N(C)C. The molecule has 1 fully saturated rings. The molecule has 1 aliphatic carbocycles. The first-order chi connectivity index (χ1) is 5.20. The van der Waals surface area contributed by atoms with E-state index in [1.807, 2.05) is 19.1 Å². The van der Waals surface area contributed by atoms with Crippen molar-refractivity contribution >= 4 is 5.71 Å². The highest BCUT2D eigenvalue weighted by Crippen LogP contribution is 2.21. The smallest absolute Gasteiger partial charge is 0.0408 e. The van der Waals surface area contributed by atoms with Gasteiger partial charge in [-0.3, -0.25) is 0 Å². The molecule has 0 bridgehead atoms. The summed E-state index contributed by atoms with van der Waals surface area (Å²) in [5.41, 5.74) is 1.39. The summed E-state index contributed by atoms with van der Waals surface area (Å²) in [7, 11) is 3.99. The van der Waals surface area contributed by atoms with Gasteiger partial charge in [0.05, 0.1) is 0 Å². The van der Waals surface area contributed by atoms with E-state index in [4.69, 9.17) is 0 Å². The Kier molecular flexibility index (Phi) is 2.92. The Morgan fingerprint density at radius 3 is 2.64 bits per heavy atom. The van der Waals surface area contributed by atoms with Gasteiger partial charge in [-0.2, -0.15) is 5.10 Å². The topological polar surface area (TPSA) is 15.6 Å². The van der Waals surface area contributed by atoms with Crippen molar-refractivity contribution in [3.8, 4) is 0 Å². The van der Waals surface area contributed by atoms with Gasteiger partial charge < -0.3 is 5.01 Å². The molecule has 0 radical (unpaired) electrons. The molecule has 1 rings (SSSR count). The van der Waals surface area contributed by atoms with Gasteiger partial charge in [-0.1, -0.05) is 13.3 Å². The quantitative estimate of drug-likeness (QED) is 0.528. The third kappa shape index (κ3) is 2.52. The number of hydrogen-bond donors (Lipinski definition) is 0. The lowest BCUT2D eigenvalue weighted by atomic mass is 9.89. The van der Waals surface area contributed by atoms with Gasteiger partial charge in [0.1, 0.15) is 0 Å². The first kappa shape index (κ1) is 8.57. The summed E-state index contributed by atoms with van der Waals surface area (Å²) in [6, 6.07) is 0. The van der Waals surface area contributed by atoms with Gasteiger partial charge in [-0.05, 0) is 25.2 Å². The molecule has 0 aliphatic heterocycles. The molecule has 0 N–H and O–H groups in total. The minimum Gasteiger partial charge on any atom is -0.303 e. The Hall–Kier alpha value is -0.530. The molecule has 2 nitrogen and oxygen atoms in total. The molecule has 0 heterocycles. The van der Waals surface area contributed by atoms with Gasteiger partial charge in [-0.15, -0.1) is 0 Å². The first-order valence-electron chi connectivity index (χ1n) is 4.45. The minimum atomic E-state index is 0.714. The van der Waals surface area contributed by atoms with Crippen LogP contribution in [0.4, 0.5) is 0 Å². The van der Waals surface area contributed by atoms with Crippen LogP contribution < -0.4 is 0 Å². The van der Waals surface area contributed by atoms with Gasteiger partial charge in [-0.25, -0.2) is 0 Å². The number of hydrogen-bond acceptors (Lipinski definition) is 2. The van der Waals surface area contributed by atoms with Crippen molar-refractivity contribution < 1.29 is 0 Å². The van der Waals surface area contributed by atoms with Gasteiger partial charge in [0.2, 0.25) is 0 Å². The maximum Gasteiger partial charge on any atom is 0.0408 e. The van der Waals surface area contributed by atoms with Crippen LogP contribution >= 0.6 is 0 Å². The molecule has 0 saturated heterocycles. The van der Waals surface area contributed by atoms with Crippen LogP contribution in [-0.2, 0) is 0 Å². The molecule has 0 spiro atoms. The zero-order chi connectivity index (χ0) is 8.27. The van der Waals surface area contributed by atoms with Crippen LogP contribution in [0.3, 0.4) is 0 Å². The largest absolute Gasteiger partial charge is 0.303 e. The molecule has 2 heteroatoms. The molecule has 0 aromatic heterocycles. The van der Waals surface area contributed by atoms with E-state index < -0.39 is 0 Å². The summed E-state index contributed by atoms with van der Waals surface area (Å²) in [5.74, 6) is 0.714. The van der Waals surface area contributed by atoms with Crippen LogP contribution in [0, 0.1) is 5.92 Å². The summed E-state index contributed by atoms with van der Waals surface area (Å²) in [4.78, 5) is 0. The van der Waals surface area contributed by atoms with E-state index >= 15 is 0 Å². The van der Waals surface area contributed by atoms with Crippen LogP contribution in [0.25, 0.3) is 0 Å². The highest BCUT2D eigenvalue weighted by Gasteiger charge is 2.15. The second-order valence-corrected chi connectivity index (χ2v) is 3.59. The van der Waals surface area contributed by atoms with Crippen molar-refractivity contribution in [3.05, 3.63) is 0 Å². The average molecular weight is 154 g/mol. The minimum absolute atomic E-state index is 0.714. The maximum absolute atomic E-state index is 4.47. The zero-order valence-electron chi connectivity index (χ0n) is 7.80. The molecule has 1 saturated carbocycles. The first-order valence-corrected chi connectivity index (χ1v) is 4.45. The zero-order valence-corrected chi connectivity index (χ0v) is 7.80. The Bertz CT molecular complexity index is 150. The van der Waals surface area contributed by atoms with E-state index in [0.29, 0.717) is 5.92 Å². The van der Waals surface area contributed by atoms with E-state index in [0.717, 1.165) is 0 Å². The standard InChI is InChI=1S/C9H18N2/c1-8-6-4-5-7-9(8)10-11(2)3/h8H,4-7H2,1-3H3/b10-9+/t8-/m1/s1. The number of nitrogens with zero attached hydrogens (tertiary/aromatic N) is 2. The fourth-order valence-electron chi connectivity index (χ4n) is 1.58. The molecule has 64 valence electrons. The van der Waals surface area contributed by atoms with Crippen LogP contribution in [0.2, 0.25) is 0 Å². The van der Waals surface area contributed by atoms with E-state index in [2.05, 4.69) is 12.0 Å². The van der Waals surface area contributed by atoms with E-state index in [1.165, 1.54) is 31.4 Å². The molecule has 1 aliphatic rings. The van der Waals surface area contributed by atoms with Crippen molar-refractivity contribution in [1.29, 1.82) is 0 Å². The van der Waals surface area contributed by atoms with Crippen LogP contribution in [0.5, 0.6) is 0 Å². The summed E-state index contributed by atoms with van der Waals surface area (Å²) in [6.45, 7) is 2.28. The van der Waals surface area contributed by atoms with E-state index in [9.17, 15) is 0 Å². The Labute approximate surface area is 69.3 Å². The lowest BCUT2D eigenvalue weighted by molar-refractivity contribution is 0.422. The lowest BCUT2D eigenvalue weighted by Gasteiger charge is -2.21. The van der Waals surface area contributed by atoms with Gasteiger partial charge in [0.15, 0.2) is 0 Å². The monoisotopic (exact) mass is 154 g/mol. The molecular weight excluding hydrogens is 136 g/mol. The van der Waals surface area contributed by atoms with Crippen molar-refractivity contribution in [3.63, 3.8) is 0 Å². The third-order valence-corrected chi connectivity index (χ3v) is 2.22. The second-order valence-electron chi connectivity index (χ2n) is 3.59. The molecular formula is C9H18N2. The van der Waals surface area contributed by atoms with Gasteiger partial charge in [0.25, 0.3) is 0 Å². The fraction of sp³-hybridized carbons (Fsp3) is 0.889. The Morgan fingerprint density at radius 2 is 2.09 bits per heavy atom. The van der Waals surface area contributed by atoms with Gasteiger partial charge >= 0.3 is 0 Å². The Balaban J connectivity index is 2.53. The summed E-state index contributed by atoms with van der Waals surface area (Å²) in [6.07, 6.45) is 5.25. The number of hydrazone groups is 1. The summed E-state index contributed by atoms with van der Waals surface area (Å²) < 4.78 is 0. The van der Waals surface area contributed by atoms with Crippen LogP contribution in [0.15, 0.2) is 5.10 Å². The van der Waals surface area contributed by atoms with Crippen molar-refractivity contribution in [2.75, 3.05) is 14.1 Å². The third-order valence-electron chi connectivity index (χ3n) is 2.22. The molecule has 11 heavy (non-hydrogen) atoms. The average Bonchev–Trinajstić information content (AvgIpc) is 1.93. The molecule has 0 unspecified atom stereocenters. The molecule has 0 amide bonds.